The predicted molar refractivity (Wildman–Crippen MR) is 99.2 cm³/mol. The fourth-order valence-corrected chi connectivity index (χ4v) is 4.61. The third-order valence-electron chi connectivity index (χ3n) is 4.21. The number of piperidine rings is 1. The van der Waals surface area contributed by atoms with Gasteiger partial charge in [0.2, 0.25) is 10.0 Å². The van der Waals surface area contributed by atoms with Crippen LogP contribution in [-0.4, -0.2) is 43.5 Å². The lowest BCUT2D eigenvalue weighted by molar-refractivity contribution is 0.130. The molecule has 146 valence electrons. The van der Waals surface area contributed by atoms with E-state index in [1.807, 2.05) is 0 Å². The highest BCUT2D eigenvalue weighted by Crippen LogP contribution is 2.28. The maximum Gasteiger partial charge on any atom is 0.243 e. The highest BCUT2D eigenvalue weighted by atomic mass is 35.5. The van der Waals surface area contributed by atoms with E-state index in [-0.39, 0.29) is 23.3 Å². The van der Waals surface area contributed by atoms with E-state index in [0.29, 0.717) is 36.8 Å². The summed E-state index contributed by atoms with van der Waals surface area (Å²) in [5.41, 5.74) is 0. The second-order valence-electron chi connectivity index (χ2n) is 6.08. The molecular weight excluding hydrogens is 395 g/mol. The molecule has 0 saturated carbocycles. The Balaban J connectivity index is 1.76. The fraction of sp³-hybridized carbons (Fsp3) is 0.389. The summed E-state index contributed by atoms with van der Waals surface area (Å²) in [4.78, 5) is 3.79. The lowest BCUT2D eigenvalue weighted by Gasteiger charge is -2.32. The lowest BCUT2D eigenvalue weighted by Crippen LogP contribution is -2.44. The van der Waals surface area contributed by atoms with Gasteiger partial charge in [0.05, 0.1) is 18.0 Å². The van der Waals surface area contributed by atoms with Gasteiger partial charge in [-0.05, 0) is 38.0 Å². The van der Waals surface area contributed by atoms with E-state index in [9.17, 15) is 12.8 Å². The van der Waals surface area contributed by atoms with Crippen LogP contribution in [0.15, 0.2) is 41.6 Å². The molecule has 0 bridgehead atoms. The number of benzene rings is 1. The van der Waals surface area contributed by atoms with Crippen molar-refractivity contribution in [1.29, 1.82) is 0 Å². The van der Waals surface area contributed by atoms with Crippen molar-refractivity contribution in [3.8, 4) is 11.5 Å². The summed E-state index contributed by atoms with van der Waals surface area (Å²) in [5.74, 6) is -0.210. The molecule has 1 saturated heterocycles. The van der Waals surface area contributed by atoms with Gasteiger partial charge in [0.25, 0.3) is 0 Å². The third kappa shape index (κ3) is 4.51. The van der Waals surface area contributed by atoms with Crippen LogP contribution in [0.1, 0.15) is 19.8 Å². The van der Waals surface area contributed by atoms with Crippen molar-refractivity contribution in [3.05, 3.63) is 47.5 Å². The van der Waals surface area contributed by atoms with Gasteiger partial charge >= 0.3 is 0 Å². The highest BCUT2D eigenvalue weighted by Gasteiger charge is 2.32. The van der Waals surface area contributed by atoms with Crippen molar-refractivity contribution < 1.29 is 22.3 Å². The zero-order valence-electron chi connectivity index (χ0n) is 14.8. The Labute approximate surface area is 162 Å². The summed E-state index contributed by atoms with van der Waals surface area (Å²) in [6.45, 7) is 2.54. The van der Waals surface area contributed by atoms with Crippen LogP contribution >= 0.6 is 11.6 Å². The van der Waals surface area contributed by atoms with Gasteiger partial charge < -0.3 is 9.47 Å². The van der Waals surface area contributed by atoms with Crippen LogP contribution in [0.4, 0.5) is 4.39 Å². The van der Waals surface area contributed by atoms with Gasteiger partial charge in [0.15, 0.2) is 11.6 Å². The topological polar surface area (TPSA) is 68.7 Å². The monoisotopic (exact) mass is 414 g/mol. The largest absolute Gasteiger partial charge is 0.491 e. The van der Waals surface area contributed by atoms with Crippen LogP contribution in [-0.2, 0) is 10.0 Å². The average Bonchev–Trinajstić information content (AvgIpc) is 2.65. The summed E-state index contributed by atoms with van der Waals surface area (Å²) in [6.07, 6.45) is 4.01. The number of aromatic nitrogens is 1. The zero-order chi connectivity index (χ0) is 19.4. The normalized spacial score (nSPS) is 18.3. The van der Waals surface area contributed by atoms with E-state index in [1.165, 1.54) is 22.6 Å². The summed E-state index contributed by atoms with van der Waals surface area (Å²) >= 11 is 6.05. The Bertz CT molecular complexity index is 910. The van der Waals surface area contributed by atoms with Crippen LogP contribution in [0.25, 0.3) is 0 Å². The molecule has 2 aromatic rings. The summed E-state index contributed by atoms with van der Waals surface area (Å²) in [7, 11) is -3.84. The third-order valence-corrected chi connectivity index (χ3v) is 6.36. The molecule has 0 radical (unpaired) electrons. The molecule has 1 atom stereocenters. The van der Waals surface area contributed by atoms with Crippen LogP contribution in [0.3, 0.4) is 0 Å². The van der Waals surface area contributed by atoms with E-state index in [0.717, 1.165) is 6.07 Å². The first-order valence-corrected chi connectivity index (χ1v) is 10.4. The molecule has 0 N–H and O–H groups in total. The minimum Gasteiger partial charge on any atom is -0.491 e. The molecule has 9 heteroatoms. The fourth-order valence-electron chi connectivity index (χ4n) is 2.92. The number of sulfonamides is 1. The van der Waals surface area contributed by atoms with Crippen molar-refractivity contribution in [1.82, 2.24) is 9.29 Å². The molecule has 0 aliphatic carbocycles. The van der Waals surface area contributed by atoms with Crippen molar-refractivity contribution in [3.63, 3.8) is 0 Å². The summed E-state index contributed by atoms with van der Waals surface area (Å²) in [6, 6.07) is 5.32. The second kappa shape index (κ2) is 8.41. The number of rotatable bonds is 6. The maximum atomic E-state index is 14.1. The lowest BCUT2D eigenvalue weighted by atomic mass is 10.1. The van der Waals surface area contributed by atoms with Crippen LogP contribution in [0.2, 0.25) is 5.02 Å². The first-order valence-electron chi connectivity index (χ1n) is 8.60. The van der Waals surface area contributed by atoms with Gasteiger partial charge in [-0.25, -0.2) is 12.8 Å². The van der Waals surface area contributed by atoms with Gasteiger partial charge in [-0.1, -0.05) is 11.6 Å². The maximum absolute atomic E-state index is 14.1. The standard InChI is InChI=1S/C18H20ClFN2O4S/c1-2-25-18-6-5-14(10-16(18)20)27(23,24)22-9-3-4-13(12-22)26-17-7-8-21-11-15(17)19/h5-8,10-11,13H,2-4,9,12H2,1H3/t13-/m0/s1. The Morgan fingerprint density at radius 2 is 2.15 bits per heavy atom. The Hall–Kier alpha value is -1.90. The van der Waals surface area contributed by atoms with E-state index < -0.39 is 15.8 Å². The Morgan fingerprint density at radius 3 is 2.85 bits per heavy atom. The molecule has 6 nitrogen and oxygen atoms in total. The van der Waals surface area contributed by atoms with Gasteiger partial charge in [0.1, 0.15) is 16.9 Å². The molecular formula is C18H20ClFN2O4S. The zero-order valence-corrected chi connectivity index (χ0v) is 16.3. The highest BCUT2D eigenvalue weighted by molar-refractivity contribution is 7.89. The van der Waals surface area contributed by atoms with Crippen molar-refractivity contribution in [2.24, 2.45) is 0 Å². The number of pyridine rings is 1. The van der Waals surface area contributed by atoms with E-state index in [4.69, 9.17) is 21.1 Å². The predicted octanol–water partition coefficient (Wildman–Crippen LogP) is 3.50. The van der Waals surface area contributed by atoms with Crippen molar-refractivity contribution >= 4 is 21.6 Å². The van der Waals surface area contributed by atoms with E-state index in [2.05, 4.69) is 4.98 Å². The number of ether oxygens (including phenoxy) is 2. The minimum atomic E-state index is -3.84. The molecule has 3 rings (SSSR count). The smallest absolute Gasteiger partial charge is 0.243 e. The van der Waals surface area contributed by atoms with Crippen LogP contribution in [0.5, 0.6) is 11.5 Å². The Morgan fingerprint density at radius 1 is 1.33 bits per heavy atom. The van der Waals surface area contributed by atoms with Gasteiger partial charge in [0, 0.05) is 25.0 Å². The van der Waals surface area contributed by atoms with Gasteiger partial charge in [-0.2, -0.15) is 4.31 Å². The molecule has 1 aromatic heterocycles. The molecule has 0 amide bonds. The van der Waals surface area contributed by atoms with E-state index in [1.54, 1.807) is 19.2 Å². The number of hydrogen-bond acceptors (Lipinski definition) is 5. The molecule has 27 heavy (non-hydrogen) atoms. The first-order chi connectivity index (χ1) is 12.9. The van der Waals surface area contributed by atoms with Gasteiger partial charge in [-0.15, -0.1) is 0 Å². The molecule has 0 spiro atoms. The van der Waals surface area contributed by atoms with Crippen molar-refractivity contribution in [2.45, 2.75) is 30.8 Å². The second-order valence-corrected chi connectivity index (χ2v) is 8.42. The number of halogens is 2. The number of nitrogens with zero attached hydrogens (tertiary/aromatic N) is 2. The average molecular weight is 415 g/mol. The van der Waals surface area contributed by atoms with Crippen LogP contribution < -0.4 is 9.47 Å². The molecule has 1 aliphatic heterocycles. The Kier molecular flexibility index (Phi) is 6.18. The van der Waals surface area contributed by atoms with Crippen LogP contribution in [0, 0.1) is 5.82 Å². The minimum absolute atomic E-state index is 0.0311. The molecule has 1 fully saturated rings. The number of hydrogen-bond donors (Lipinski definition) is 0. The molecule has 2 heterocycles. The molecule has 0 unspecified atom stereocenters. The SMILES string of the molecule is CCOc1ccc(S(=O)(=O)N2CCC[C@H](Oc3ccncc3Cl)C2)cc1F. The first kappa shape index (κ1) is 19.9. The summed E-state index contributed by atoms with van der Waals surface area (Å²) in [5, 5.41) is 0.367. The quantitative estimate of drug-likeness (QED) is 0.723. The van der Waals surface area contributed by atoms with Crippen molar-refractivity contribution in [2.75, 3.05) is 19.7 Å². The molecule has 1 aliphatic rings. The molecule has 1 aromatic carbocycles. The summed E-state index contributed by atoms with van der Waals surface area (Å²) < 4.78 is 52.2. The van der Waals surface area contributed by atoms with Gasteiger partial charge in [-0.3, -0.25) is 4.98 Å². The van der Waals surface area contributed by atoms with E-state index >= 15 is 0 Å².